The van der Waals surface area contributed by atoms with Crippen LogP contribution in [0.1, 0.15) is 227 Å². The van der Waals surface area contributed by atoms with Gasteiger partial charge in [0, 0.05) is 97.5 Å². The molecule has 10 fully saturated rings. The van der Waals surface area contributed by atoms with E-state index in [1.54, 1.807) is 0 Å². The van der Waals surface area contributed by atoms with Crippen molar-refractivity contribution in [1.29, 1.82) is 0 Å². The van der Waals surface area contributed by atoms with Gasteiger partial charge in [-0.1, -0.05) is 77.3 Å². The van der Waals surface area contributed by atoms with Crippen LogP contribution in [0.4, 0.5) is 0 Å². The van der Waals surface area contributed by atoms with Gasteiger partial charge in [-0.25, -0.2) is 0 Å². The summed E-state index contributed by atoms with van der Waals surface area (Å²) >= 11 is 0. The van der Waals surface area contributed by atoms with Gasteiger partial charge in [-0.2, -0.15) is 0 Å². The molecule has 1 amide bonds. The number of aromatic hydroxyl groups is 1. The highest BCUT2D eigenvalue weighted by Crippen LogP contribution is 2.78. The quantitative estimate of drug-likeness (QED) is 0.0422. The molecule has 6 heterocycles. The van der Waals surface area contributed by atoms with Crippen LogP contribution in [0.2, 0.25) is 0 Å². The summed E-state index contributed by atoms with van der Waals surface area (Å²) in [6.07, 6.45) is 31.0. The second kappa shape index (κ2) is 23.9. The number of carbonyl (C=O) groups is 2. The molecule has 11 N–H and O–H groups in total. The molecule has 1 saturated heterocycles. The molecule has 18 atom stereocenters. The predicted octanol–water partition coefficient (Wildman–Crippen LogP) is 11.8. The Hall–Kier alpha value is -4.16. The third-order valence-electron chi connectivity index (χ3n) is 28.7. The number of aliphatic imine (C=N–C) groups is 2. The number of nitrogens with two attached hydrogens (primary N) is 3. The minimum atomic E-state index is -0.916. The highest BCUT2D eigenvalue weighted by Gasteiger charge is 2.73. The number of benzene rings is 2. The fraction of sp³-hybridized carbons (Fsp3) is 0.757. The first-order valence-corrected chi connectivity index (χ1v) is 38.4. The second-order valence-electron chi connectivity index (χ2n) is 32.5. The van der Waals surface area contributed by atoms with Gasteiger partial charge in [0.15, 0.2) is 23.4 Å². The van der Waals surface area contributed by atoms with E-state index in [1.165, 1.54) is 44.6 Å². The Balaban J connectivity index is 0.829. The Kier molecular flexibility index (Phi) is 16.5. The molecule has 17 heteroatoms. The fourth-order valence-corrected chi connectivity index (χ4v) is 28.9. The smallest absolute Gasteiger partial charge is 0.303 e. The molecule has 10 aliphatic carbocycles. The van der Waals surface area contributed by atoms with Crippen molar-refractivity contribution in [3.05, 3.63) is 70.8 Å². The zero-order chi connectivity index (χ0) is 62.8. The molecule has 16 aliphatic rings. The maximum atomic E-state index is 15.1. The highest BCUT2D eigenvalue weighted by atomic mass is 33.1. The van der Waals surface area contributed by atoms with E-state index in [-0.39, 0.29) is 105 Å². The molecule has 496 valence electrons. The van der Waals surface area contributed by atoms with Gasteiger partial charge in [-0.3, -0.25) is 19.6 Å². The Morgan fingerprint density at radius 3 is 2.48 bits per heavy atom. The summed E-state index contributed by atoms with van der Waals surface area (Å²) < 4.78 is 13.9. The molecule has 2 aromatic rings. The van der Waals surface area contributed by atoms with Gasteiger partial charge in [0.05, 0.1) is 12.2 Å². The number of guanidine groups is 2. The summed E-state index contributed by atoms with van der Waals surface area (Å²) in [6, 6.07) is 13.0. The minimum Gasteiger partial charge on any atom is -0.504 e. The summed E-state index contributed by atoms with van der Waals surface area (Å²) in [5.74, 6) is 3.32. The predicted molar refractivity (Wildman–Crippen MR) is 359 cm³/mol. The van der Waals surface area contributed by atoms with Crippen molar-refractivity contribution in [3.63, 3.8) is 0 Å². The maximum absolute atomic E-state index is 15.1. The fourth-order valence-electron chi connectivity index (χ4n) is 24.9. The third kappa shape index (κ3) is 10.2. The molecule has 2 aromatic carbocycles. The lowest BCUT2D eigenvalue weighted by Crippen LogP contribution is -2.56. The lowest BCUT2D eigenvalue weighted by Gasteiger charge is -2.58. The third-order valence-corrected chi connectivity index (χ3v) is 32.0. The van der Waals surface area contributed by atoms with E-state index in [9.17, 15) is 25.2 Å². The largest absolute Gasteiger partial charge is 0.504 e. The van der Waals surface area contributed by atoms with Crippen LogP contribution in [0, 0.1) is 68.5 Å². The van der Waals surface area contributed by atoms with Crippen LogP contribution in [0.25, 0.3) is 0 Å². The van der Waals surface area contributed by atoms with Crippen molar-refractivity contribution >= 4 is 45.4 Å². The number of phenolic OH excluding ortho intramolecular Hbond substituents is 1. The summed E-state index contributed by atoms with van der Waals surface area (Å²) in [5.41, 5.74) is 21.1. The zero-order valence-corrected chi connectivity index (χ0v) is 55.9. The summed E-state index contributed by atoms with van der Waals surface area (Å²) in [4.78, 5) is 40.4. The van der Waals surface area contributed by atoms with Gasteiger partial charge in [0.25, 0.3) is 0 Å². The summed E-state index contributed by atoms with van der Waals surface area (Å²) in [7, 11) is 4.10. The molecule has 18 rings (SSSR count). The Morgan fingerprint density at radius 2 is 1.68 bits per heavy atom. The van der Waals surface area contributed by atoms with Crippen LogP contribution in [0.5, 0.6) is 11.5 Å². The number of aryl methyl sites for hydroxylation is 1. The summed E-state index contributed by atoms with van der Waals surface area (Å²) in [5, 5.41) is 54.3. The number of allylic oxidation sites excluding steroid dienone is 1. The first kappa shape index (κ1) is 62.9. The number of hydrogen-bond acceptors (Lipinski definition) is 14. The lowest BCUT2D eigenvalue weighted by atomic mass is 9.48. The van der Waals surface area contributed by atoms with Crippen LogP contribution in [0.3, 0.4) is 0 Å². The molecule has 91 heavy (non-hydrogen) atoms. The minimum absolute atomic E-state index is 0.00220. The standard InChI is InChI=1S/C74H105N7O8S2/c1-46(83)88-69-31-19-48-35-52(62(86)63-60(48)49-20-33-73(89-63)28-7-13-53(73)36-49)42-81-45-70(39-59(81)85)54(16-17-57(70)47-11-3-2-4-12-47)41-79-66(77)80-74(29-8-25-68(74)23-5-6-24-68)91-90-43-55-15-14-50(56(21-32-69)58(84)38-69)37-71(55)26-9-27-72(71)44-67(22-10-34-82)30-18-51(40-78-65(75)76)61(67)64(72)87/h2-4,11-12,20,33,35,49-51,53-58,61,64,82,84,86-87H,5-10,13-19,21-32,34,36-45H2,1H3,(H4,75,76,78)(H3,77,79,80)/t49-,50+,51+,53-,54-,55+,56+,57+,58+,61-,64+,67+,69-,70+,71+,72+,73+,74-/m0/s1. The number of esters is 1. The van der Waals surface area contributed by atoms with Crippen molar-refractivity contribution in [2.45, 2.75) is 246 Å². The first-order chi connectivity index (χ1) is 43.9. The van der Waals surface area contributed by atoms with Crippen LogP contribution in [-0.4, -0.2) is 109 Å². The van der Waals surface area contributed by atoms with E-state index in [0.717, 1.165) is 139 Å². The van der Waals surface area contributed by atoms with E-state index in [1.807, 2.05) is 26.5 Å². The molecule has 6 aliphatic heterocycles. The van der Waals surface area contributed by atoms with E-state index in [2.05, 4.69) is 58.9 Å². The first-order valence-electron chi connectivity index (χ1n) is 36.1. The van der Waals surface area contributed by atoms with E-state index in [0.29, 0.717) is 87.3 Å². The Bertz CT molecular complexity index is 3190. The van der Waals surface area contributed by atoms with Crippen molar-refractivity contribution in [1.82, 2.24) is 10.2 Å². The number of aliphatic hydroxyl groups is 3. The average molecular weight is 1280 g/mol. The molecule has 0 unspecified atom stereocenters. The number of ether oxygens (including phenoxy) is 2. The van der Waals surface area contributed by atoms with Gasteiger partial charge in [0.1, 0.15) is 16.1 Å². The zero-order valence-electron chi connectivity index (χ0n) is 54.2. The molecule has 15 nitrogen and oxygen atoms in total. The van der Waals surface area contributed by atoms with Crippen molar-refractivity contribution in [2.75, 3.05) is 32.0 Å². The molecule has 6 spiro atoms. The van der Waals surface area contributed by atoms with Gasteiger partial charge < -0.3 is 57.3 Å². The molecule has 0 aromatic heterocycles. The lowest BCUT2D eigenvalue weighted by molar-refractivity contribution is -0.173. The number of fused-ring (bicyclic) bond motifs is 2. The van der Waals surface area contributed by atoms with Crippen molar-refractivity contribution in [3.8, 4) is 11.5 Å². The van der Waals surface area contributed by atoms with Gasteiger partial charge in [-0.15, -0.1) is 0 Å². The van der Waals surface area contributed by atoms with Crippen molar-refractivity contribution in [2.24, 2.45) is 95.7 Å². The number of hydrogen-bond donors (Lipinski definition) is 8. The van der Waals surface area contributed by atoms with E-state index < -0.39 is 28.8 Å². The number of aliphatic hydroxyl groups excluding tert-OH is 3. The highest BCUT2D eigenvalue weighted by molar-refractivity contribution is 8.77. The van der Waals surface area contributed by atoms with Crippen LogP contribution in [0.15, 0.2) is 58.5 Å². The molecule has 0 radical (unpaired) electrons. The molecule has 10 bridgehead atoms. The van der Waals surface area contributed by atoms with E-state index >= 15 is 4.79 Å². The monoisotopic (exact) mass is 1280 g/mol. The Morgan fingerprint density at radius 1 is 0.879 bits per heavy atom. The van der Waals surface area contributed by atoms with Crippen LogP contribution in [-0.2, 0) is 27.3 Å². The summed E-state index contributed by atoms with van der Waals surface area (Å²) in [6.45, 7) is 3.45. The number of carbonyl (C=O) groups excluding carboxylic acids is 2. The van der Waals surface area contributed by atoms with Crippen molar-refractivity contribution < 1.29 is 39.5 Å². The van der Waals surface area contributed by atoms with E-state index in [4.69, 9.17) is 31.7 Å². The van der Waals surface area contributed by atoms with Gasteiger partial charge >= 0.3 is 5.97 Å². The number of phenols is 1. The average Bonchev–Trinajstić information content (AvgIpc) is 1.53. The maximum Gasteiger partial charge on any atom is 0.303 e. The number of nitrogens with one attached hydrogen (secondary N) is 1. The van der Waals surface area contributed by atoms with Crippen LogP contribution >= 0.6 is 21.6 Å². The topological polar surface area (TPSA) is 252 Å². The second-order valence-corrected chi connectivity index (χ2v) is 35.1. The SMILES string of the molecule is CC(=O)O[C@@]12CCc3cc(c(O)c4c3[C@H]3C=C[C@@]5(CCC[C@H]5C3)O4)CN3C[C@]4(CC3=O)[C@@H](CC[C@@H]4c3ccccc3)CN=C(N)N[C@@]3(CCCC34CCCC4)SSC[C@H]3CC[C@H](C[C@]34CCC[C@]43C[C@@]4(CCCO)CC[C@H](CN=C(N)N)[C@H]4[C@H]3O)[C@@H](CC1)[C@H](O)C2. The number of rotatable bonds is 7. The number of amides is 1. The molecular formula is C74H105N7O8S2. The Labute approximate surface area is 548 Å². The van der Waals surface area contributed by atoms with Gasteiger partial charge in [0.2, 0.25) is 5.91 Å². The number of nitrogens with zero attached hydrogens (tertiary/aromatic N) is 3. The molecular weight excluding hydrogens is 1180 g/mol. The van der Waals surface area contributed by atoms with Gasteiger partial charge in [-0.05, 0) is 236 Å². The van der Waals surface area contributed by atoms with Crippen LogP contribution < -0.4 is 27.3 Å². The molecule has 9 saturated carbocycles. The normalized spacial score (nSPS) is 43.0.